The lowest BCUT2D eigenvalue weighted by molar-refractivity contribution is -0.142. The van der Waals surface area contributed by atoms with E-state index in [2.05, 4.69) is 5.32 Å². The van der Waals surface area contributed by atoms with E-state index in [-0.39, 0.29) is 6.61 Å². The molecule has 28 heavy (non-hydrogen) atoms. The third kappa shape index (κ3) is 6.14. The molecule has 1 amide bonds. The zero-order valence-electron chi connectivity index (χ0n) is 15.1. The Morgan fingerprint density at radius 3 is 2.25 bits per heavy atom. The number of ether oxygens (including phenoxy) is 2. The van der Waals surface area contributed by atoms with Crippen LogP contribution in [0, 0.1) is 0 Å². The van der Waals surface area contributed by atoms with E-state index < -0.39 is 11.9 Å². The zero-order valence-corrected chi connectivity index (χ0v) is 15.1. The van der Waals surface area contributed by atoms with Gasteiger partial charge < -0.3 is 14.8 Å². The van der Waals surface area contributed by atoms with E-state index in [1.165, 1.54) is 6.08 Å². The Kier molecular flexibility index (Phi) is 6.57. The van der Waals surface area contributed by atoms with Crippen LogP contribution in [-0.4, -0.2) is 18.5 Å². The van der Waals surface area contributed by atoms with Crippen molar-refractivity contribution >= 4 is 23.6 Å². The maximum Gasteiger partial charge on any atom is 0.331 e. The van der Waals surface area contributed by atoms with Crippen LogP contribution in [0.3, 0.4) is 0 Å². The van der Waals surface area contributed by atoms with E-state index in [4.69, 9.17) is 9.47 Å². The van der Waals surface area contributed by atoms with Crippen LogP contribution in [-0.2, 0) is 14.3 Å². The Morgan fingerprint density at radius 2 is 1.50 bits per heavy atom. The number of rotatable bonds is 7. The quantitative estimate of drug-likeness (QED) is 0.483. The van der Waals surface area contributed by atoms with Crippen molar-refractivity contribution in [3.05, 3.63) is 96.6 Å². The van der Waals surface area contributed by atoms with E-state index in [0.717, 1.165) is 5.56 Å². The minimum absolute atomic E-state index is 0.373. The first-order valence-electron chi connectivity index (χ1n) is 8.72. The largest absolute Gasteiger partial charge is 0.457 e. The number of benzene rings is 3. The molecule has 0 bridgehead atoms. The van der Waals surface area contributed by atoms with Crippen LogP contribution < -0.4 is 10.1 Å². The number of nitrogens with one attached hydrogen (secondary N) is 1. The van der Waals surface area contributed by atoms with Gasteiger partial charge in [0.15, 0.2) is 6.61 Å². The summed E-state index contributed by atoms with van der Waals surface area (Å²) in [7, 11) is 0. The molecule has 3 rings (SSSR count). The molecule has 0 aliphatic heterocycles. The Hall–Kier alpha value is -3.86. The highest BCUT2D eigenvalue weighted by atomic mass is 16.5. The molecular formula is C23H19NO4. The summed E-state index contributed by atoms with van der Waals surface area (Å²) in [6, 6.07) is 25.7. The number of anilines is 1. The first-order valence-corrected chi connectivity index (χ1v) is 8.72. The molecule has 0 radical (unpaired) electrons. The van der Waals surface area contributed by atoms with Gasteiger partial charge in [-0.2, -0.15) is 0 Å². The van der Waals surface area contributed by atoms with Crippen LogP contribution in [0.1, 0.15) is 5.56 Å². The van der Waals surface area contributed by atoms with Crippen molar-refractivity contribution in [1.29, 1.82) is 0 Å². The second-order valence-electron chi connectivity index (χ2n) is 5.84. The Bertz CT molecular complexity index is 953. The second-order valence-corrected chi connectivity index (χ2v) is 5.84. The number of amides is 1. The van der Waals surface area contributed by atoms with Crippen LogP contribution >= 0.6 is 0 Å². The molecule has 0 aromatic heterocycles. The van der Waals surface area contributed by atoms with Crippen molar-refractivity contribution in [2.45, 2.75) is 0 Å². The first-order chi connectivity index (χ1) is 13.7. The molecule has 0 aliphatic rings. The third-order valence-electron chi connectivity index (χ3n) is 3.65. The average molecular weight is 373 g/mol. The van der Waals surface area contributed by atoms with Crippen LogP contribution in [0.2, 0.25) is 0 Å². The molecule has 1 N–H and O–H groups in total. The van der Waals surface area contributed by atoms with Gasteiger partial charge in [0.05, 0.1) is 0 Å². The van der Waals surface area contributed by atoms with Gasteiger partial charge in [-0.1, -0.05) is 54.6 Å². The molecule has 0 saturated carbocycles. The predicted octanol–water partition coefficient (Wildman–Crippen LogP) is 4.67. The lowest BCUT2D eigenvalue weighted by Crippen LogP contribution is -2.20. The van der Waals surface area contributed by atoms with E-state index >= 15 is 0 Å². The molecule has 0 heterocycles. The summed E-state index contributed by atoms with van der Waals surface area (Å²) in [4.78, 5) is 23.7. The van der Waals surface area contributed by atoms with E-state index in [0.29, 0.717) is 17.2 Å². The van der Waals surface area contributed by atoms with Crippen LogP contribution in [0.25, 0.3) is 6.08 Å². The standard InChI is InChI=1S/C23H19NO4/c25-22(17-27-23(26)15-14-18-8-3-1-4-9-18)24-19-10-7-13-21(16-19)28-20-11-5-2-6-12-20/h1-16H,17H2,(H,24,25). The number of para-hydroxylation sites is 1. The zero-order chi connectivity index (χ0) is 19.6. The highest BCUT2D eigenvalue weighted by Crippen LogP contribution is 2.23. The van der Waals surface area contributed by atoms with Crippen molar-refractivity contribution in [2.75, 3.05) is 11.9 Å². The van der Waals surface area contributed by atoms with E-state index in [1.807, 2.05) is 60.7 Å². The highest BCUT2D eigenvalue weighted by molar-refractivity contribution is 5.94. The van der Waals surface area contributed by atoms with Gasteiger partial charge in [-0.05, 0) is 35.9 Å². The molecular weight excluding hydrogens is 354 g/mol. The molecule has 0 spiro atoms. The topological polar surface area (TPSA) is 64.6 Å². The maximum absolute atomic E-state index is 12.0. The Balaban J connectivity index is 1.48. The normalized spacial score (nSPS) is 10.4. The van der Waals surface area contributed by atoms with Gasteiger partial charge in [-0.15, -0.1) is 0 Å². The Morgan fingerprint density at radius 1 is 0.821 bits per heavy atom. The summed E-state index contributed by atoms with van der Waals surface area (Å²) in [5.74, 6) is 0.274. The van der Waals surface area contributed by atoms with Gasteiger partial charge in [-0.25, -0.2) is 4.79 Å². The maximum atomic E-state index is 12.0. The molecule has 3 aromatic carbocycles. The highest BCUT2D eigenvalue weighted by Gasteiger charge is 2.07. The lowest BCUT2D eigenvalue weighted by Gasteiger charge is -2.09. The fraction of sp³-hybridized carbons (Fsp3) is 0.0435. The Labute approximate surface area is 163 Å². The monoisotopic (exact) mass is 373 g/mol. The SMILES string of the molecule is O=C(COC(=O)C=Cc1ccccc1)Nc1cccc(Oc2ccccc2)c1. The number of esters is 1. The van der Waals surface area contributed by atoms with Gasteiger partial charge in [0.1, 0.15) is 11.5 Å². The summed E-state index contributed by atoms with van der Waals surface area (Å²) in [6.07, 6.45) is 2.92. The van der Waals surface area contributed by atoms with Crippen molar-refractivity contribution in [3.63, 3.8) is 0 Å². The van der Waals surface area contributed by atoms with Crippen molar-refractivity contribution < 1.29 is 19.1 Å². The van der Waals surface area contributed by atoms with Crippen molar-refractivity contribution in [2.24, 2.45) is 0 Å². The molecule has 5 nitrogen and oxygen atoms in total. The lowest BCUT2D eigenvalue weighted by atomic mass is 10.2. The summed E-state index contributed by atoms with van der Waals surface area (Å²) in [5.41, 5.74) is 1.42. The van der Waals surface area contributed by atoms with Gasteiger partial charge in [-0.3, -0.25) is 4.79 Å². The van der Waals surface area contributed by atoms with E-state index in [1.54, 1.807) is 30.3 Å². The van der Waals surface area contributed by atoms with Crippen molar-refractivity contribution in [1.82, 2.24) is 0 Å². The smallest absolute Gasteiger partial charge is 0.331 e. The van der Waals surface area contributed by atoms with E-state index in [9.17, 15) is 9.59 Å². The van der Waals surface area contributed by atoms with Crippen LogP contribution in [0.4, 0.5) is 5.69 Å². The summed E-state index contributed by atoms with van der Waals surface area (Å²) < 4.78 is 10.7. The molecule has 0 atom stereocenters. The minimum Gasteiger partial charge on any atom is -0.457 e. The van der Waals surface area contributed by atoms with Gasteiger partial charge in [0.25, 0.3) is 5.91 Å². The molecule has 5 heteroatoms. The van der Waals surface area contributed by atoms with Gasteiger partial charge in [0.2, 0.25) is 0 Å². The predicted molar refractivity (Wildman–Crippen MR) is 108 cm³/mol. The fourth-order valence-electron chi connectivity index (χ4n) is 2.37. The molecule has 3 aromatic rings. The summed E-state index contributed by atoms with van der Waals surface area (Å²) in [6.45, 7) is -0.373. The molecule has 0 unspecified atom stereocenters. The molecule has 0 saturated heterocycles. The number of hydrogen-bond acceptors (Lipinski definition) is 4. The fourth-order valence-corrected chi connectivity index (χ4v) is 2.37. The molecule has 0 fully saturated rings. The number of carbonyl (C=O) groups excluding carboxylic acids is 2. The number of carbonyl (C=O) groups is 2. The second kappa shape index (κ2) is 9.73. The molecule has 0 aliphatic carbocycles. The van der Waals surface area contributed by atoms with Crippen molar-refractivity contribution in [3.8, 4) is 11.5 Å². The van der Waals surface area contributed by atoms with Gasteiger partial charge in [0, 0.05) is 17.8 Å². The minimum atomic E-state index is -0.583. The number of hydrogen-bond donors (Lipinski definition) is 1. The first kappa shape index (κ1) is 18.9. The summed E-state index contributed by atoms with van der Waals surface area (Å²) in [5, 5.41) is 2.68. The third-order valence-corrected chi connectivity index (χ3v) is 3.65. The summed E-state index contributed by atoms with van der Waals surface area (Å²) >= 11 is 0. The average Bonchev–Trinajstić information content (AvgIpc) is 2.72. The van der Waals surface area contributed by atoms with Crippen LogP contribution in [0.15, 0.2) is 91.0 Å². The molecule has 140 valence electrons. The van der Waals surface area contributed by atoms with Crippen LogP contribution in [0.5, 0.6) is 11.5 Å². The van der Waals surface area contributed by atoms with Gasteiger partial charge >= 0.3 is 5.97 Å².